The van der Waals surface area contributed by atoms with E-state index in [-0.39, 0.29) is 0 Å². The molecule has 60 valence electrons. The molecular formula is C7H16O2Si. The van der Waals surface area contributed by atoms with Crippen LogP contribution in [0.5, 0.6) is 0 Å². The Balaban J connectivity index is 3.92. The van der Waals surface area contributed by atoms with Gasteiger partial charge in [-0.2, -0.15) is 0 Å². The smallest absolute Gasteiger partial charge is 0.158 e. The summed E-state index contributed by atoms with van der Waals surface area (Å²) in [5.41, 5.74) is -0.407. The van der Waals surface area contributed by atoms with Gasteiger partial charge in [-0.3, -0.25) is 0 Å². The van der Waals surface area contributed by atoms with Crippen molar-refractivity contribution in [3.63, 3.8) is 0 Å². The second-order valence-corrected chi connectivity index (χ2v) is 3.63. The molecule has 10 heavy (non-hydrogen) atoms. The van der Waals surface area contributed by atoms with Gasteiger partial charge in [0.1, 0.15) is 0 Å². The van der Waals surface area contributed by atoms with Crippen molar-refractivity contribution in [2.45, 2.75) is 18.8 Å². The summed E-state index contributed by atoms with van der Waals surface area (Å²) in [6.45, 7) is 2.09. The first-order valence-electron chi connectivity index (χ1n) is 3.46. The molecule has 0 spiro atoms. The van der Waals surface area contributed by atoms with E-state index in [9.17, 15) is 0 Å². The Labute approximate surface area is 65.6 Å². The SMILES string of the molecule is CC/C=C/C([SiH3])(OC)OC. The molecule has 0 aliphatic heterocycles. The van der Waals surface area contributed by atoms with E-state index in [4.69, 9.17) is 9.47 Å². The summed E-state index contributed by atoms with van der Waals surface area (Å²) in [7, 11) is 4.18. The van der Waals surface area contributed by atoms with Crippen LogP contribution >= 0.6 is 0 Å². The topological polar surface area (TPSA) is 18.5 Å². The van der Waals surface area contributed by atoms with Crippen molar-refractivity contribution in [3.05, 3.63) is 12.2 Å². The zero-order valence-electron chi connectivity index (χ0n) is 7.18. The molecule has 2 nitrogen and oxygen atoms in total. The lowest BCUT2D eigenvalue weighted by atomic mass is 10.4. The number of methoxy groups -OCH3 is 2. The van der Waals surface area contributed by atoms with Gasteiger partial charge in [0.25, 0.3) is 0 Å². The fourth-order valence-corrected chi connectivity index (χ4v) is 0.787. The van der Waals surface area contributed by atoms with Crippen molar-refractivity contribution in [1.82, 2.24) is 0 Å². The summed E-state index contributed by atoms with van der Waals surface area (Å²) in [6, 6.07) is 0. The minimum absolute atomic E-state index is 0.407. The Kier molecular flexibility index (Phi) is 4.60. The van der Waals surface area contributed by atoms with Crippen molar-refractivity contribution < 1.29 is 9.47 Å². The Hall–Kier alpha value is -0.123. The lowest BCUT2D eigenvalue weighted by Crippen LogP contribution is -2.31. The van der Waals surface area contributed by atoms with Crippen LogP contribution in [0.1, 0.15) is 13.3 Å². The molecule has 0 aliphatic rings. The summed E-state index contributed by atoms with van der Waals surface area (Å²) in [5, 5.41) is 0. The monoisotopic (exact) mass is 160 g/mol. The maximum absolute atomic E-state index is 5.14. The van der Waals surface area contributed by atoms with Crippen LogP contribution in [-0.4, -0.2) is 29.9 Å². The molecule has 0 aliphatic carbocycles. The molecule has 0 unspecified atom stereocenters. The molecule has 3 heteroatoms. The molecule has 0 bridgehead atoms. The van der Waals surface area contributed by atoms with Gasteiger partial charge in [0.05, 0.1) is 10.2 Å². The van der Waals surface area contributed by atoms with E-state index in [1.54, 1.807) is 14.2 Å². The minimum atomic E-state index is -0.407. The third-order valence-corrected chi connectivity index (χ3v) is 2.62. The van der Waals surface area contributed by atoms with E-state index in [1.807, 2.05) is 6.08 Å². The summed E-state index contributed by atoms with van der Waals surface area (Å²) in [6.07, 6.45) is 5.05. The van der Waals surface area contributed by atoms with Crippen LogP contribution in [0.3, 0.4) is 0 Å². The van der Waals surface area contributed by atoms with Gasteiger partial charge in [-0.25, -0.2) is 0 Å². The van der Waals surface area contributed by atoms with Gasteiger partial charge in [-0.15, -0.1) is 0 Å². The number of rotatable bonds is 4. The fourth-order valence-electron chi connectivity index (χ4n) is 0.551. The predicted molar refractivity (Wildman–Crippen MR) is 46.1 cm³/mol. The summed E-state index contributed by atoms with van der Waals surface area (Å²) < 4.78 is 10.3. The van der Waals surface area contributed by atoms with Crippen molar-refractivity contribution in [2.75, 3.05) is 14.2 Å². The van der Waals surface area contributed by atoms with Crippen LogP contribution in [0.2, 0.25) is 0 Å². The van der Waals surface area contributed by atoms with E-state index < -0.39 is 5.41 Å². The molecular weight excluding hydrogens is 144 g/mol. The molecule has 0 amide bonds. The third-order valence-electron chi connectivity index (χ3n) is 1.47. The Morgan fingerprint density at radius 1 is 1.40 bits per heavy atom. The van der Waals surface area contributed by atoms with Crippen LogP contribution < -0.4 is 0 Å². The van der Waals surface area contributed by atoms with Crippen LogP contribution in [0.25, 0.3) is 0 Å². The average molecular weight is 160 g/mol. The zero-order valence-corrected chi connectivity index (χ0v) is 9.18. The minimum Gasteiger partial charge on any atom is -0.354 e. The fraction of sp³-hybridized carbons (Fsp3) is 0.714. The first-order chi connectivity index (χ1) is 4.68. The van der Waals surface area contributed by atoms with Crippen molar-refractivity contribution in [2.24, 2.45) is 0 Å². The van der Waals surface area contributed by atoms with Gasteiger partial charge in [0.15, 0.2) is 5.41 Å². The van der Waals surface area contributed by atoms with E-state index in [2.05, 4.69) is 13.0 Å². The third kappa shape index (κ3) is 3.15. The second-order valence-electron chi connectivity index (χ2n) is 2.23. The highest BCUT2D eigenvalue weighted by atomic mass is 28.1. The van der Waals surface area contributed by atoms with Crippen molar-refractivity contribution in [1.29, 1.82) is 0 Å². The summed E-state index contributed by atoms with van der Waals surface area (Å²) in [4.78, 5) is 0. The Morgan fingerprint density at radius 3 is 2.20 bits per heavy atom. The first kappa shape index (κ1) is 9.88. The number of hydrogen-bond donors (Lipinski definition) is 0. The van der Waals surface area contributed by atoms with Gasteiger partial charge in [-0.05, 0) is 12.5 Å². The molecule has 0 rings (SSSR count). The highest BCUT2D eigenvalue weighted by Gasteiger charge is 2.16. The number of hydrogen-bond acceptors (Lipinski definition) is 2. The summed E-state index contributed by atoms with van der Waals surface area (Å²) >= 11 is 0. The maximum atomic E-state index is 5.14. The van der Waals surface area contributed by atoms with Gasteiger partial charge < -0.3 is 9.47 Å². The zero-order chi connectivity index (χ0) is 8.04. The first-order valence-corrected chi connectivity index (χ1v) is 4.46. The van der Waals surface area contributed by atoms with Crippen LogP contribution in [0, 0.1) is 0 Å². The van der Waals surface area contributed by atoms with E-state index >= 15 is 0 Å². The van der Waals surface area contributed by atoms with Crippen molar-refractivity contribution >= 4 is 10.2 Å². The molecule has 0 radical (unpaired) electrons. The highest BCUT2D eigenvalue weighted by Crippen LogP contribution is 2.07. The lowest BCUT2D eigenvalue weighted by molar-refractivity contribution is -0.105. The molecule has 0 saturated heterocycles. The van der Waals surface area contributed by atoms with E-state index in [0.29, 0.717) is 0 Å². The molecule has 0 heterocycles. The second kappa shape index (κ2) is 4.66. The predicted octanol–water partition coefficient (Wildman–Crippen LogP) is 0.265. The quantitative estimate of drug-likeness (QED) is 0.334. The Bertz CT molecular complexity index is 108. The van der Waals surface area contributed by atoms with E-state index in [1.165, 1.54) is 0 Å². The standard InChI is InChI=1S/C7H16O2Si/c1-4-5-6-7(10,8-2)9-3/h5-6H,4H2,1-3,10H3/b6-5+. The number of allylic oxidation sites excluding steroid dienone is 1. The van der Waals surface area contributed by atoms with Crippen molar-refractivity contribution in [3.8, 4) is 0 Å². The molecule has 0 aromatic carbocycles. The molecule has 0 saturated carbocycles. The van der Waals surface area contributed by atoms with Gasteiger partial charge in [-0.1, -0.05) is 13.0 Å². The number of ether oxygens (including phenoxy) is 2. The molecule has 0 N–H and O–H groups in total. The maximum Gasteiger partial charge on any atom is 0.158 e. The van der Waals surface area contributed by atoms with Gasteiger partial charge in [0, 0.05) is 14.2 Å². The van der Waals surface area contributed by atoms with Gasteiger partial charge >= 0.3 is 0 Å². The molecule has 0 aromatic heterocycles. The summed E-state index contributed by atoms with van der Waals surface area (Å²) in [5.74, 6) is 0. The molecule has 0 fully saturated rings. The average Bonchev–Trinajstić information content (AvgIpc) is 2.00. The highest BCUT2D eigenvalue weighted by molar-refractivity contribution is 6.14. The Morgan fingerprint density at radius 2 is 1.90 bits per heavy atom. The van der Waals surface area contributed by atoms with E-state index in [0.717, 1.165) is 16.7 Å². The van der Waals surface area contributed by atoms with Crippen LogP contribution in [0.4, 0.5) is 0 Å². The molecule has 0 atom stereocenters. The molecule has 0 aromatic rings. The van der Waals surface area contributed by atoms with Crippen LogP contribution in [0.15, 0.2) is 12.2 Å². The largest absolute Gasteiger partial charge is 0.354 e. The lowest BCUT2D eigenvalue weighted by Gasteiger charge is -2.22. The normalized spacial score (nSPS) is 13.1. The van der Waals surface area contributed by atoms with Gasteiger partial charge in [0.2, 0.25) is 0 Å². The van der Waals surface area contributed by atoms with Crippen LogP contribution in [-0.2, 0) is 9.47 Å².